The van der Waals surface area contributed by atoms with Gasteiger partial charge in [-0.15, -0.1) is 0 Å². The molecule has 2 aromatic carbocycles. The second-order valence-corrected chi connectivity index (χ2v) is 7.95. The Morgan fingerprint density at radius 2 is 1.75 bits per heavy atom. The molecule has 24 heavy (non-hydrogen) atoms. The van der Waals surface area contributed by atoms with Gasteiger partial charge in [-0.25, -0.2) is 8.42 Å². The summed E-state index contributed by atoms with van der Waals surface area (Å²) < 4.78 is 26.7. The number of carbonyl (C=O) groups is 1. The Hall–Kier alpha value is -1.76. The van der Waals surface area contributed by atoms with Gasteiger partial charge in [0.05, 0.1) is 20.6 Å². The van der Waals surface area contributed by atoms with Crippen LogP contribution in [-0.4, -0.2) is 26.0 Å². The van der Waals surface area contributed by atoms with Gasteiger partial charge >= 0.3 is 5.97 Å². The van der Waals surface area contributed by atoms with Crippen molar-refractivity contribution < 1.29 is 18.3 Å². The number of benzene rings is 2. The zero-order chi connectivity index (χ0) is 18.1. The van der Waals surface area contributed by atoms with E-state index in [1.807, 2.05) is 6.92 Å². The van der Waals surface area contributed by atoms with Gasteiger partial charge in [0.1, 0.15) is 6.54 Å². The predicted octanol–water partition coefficient (Wildman–Crippen LogP) is 3.89. The van der Waals surface area contributed by atoms with Crippen LogP contribution in [0.3, 0.4) is 0 Å². The van der Waals surface area contributed by atoms with Crippen LogP contribution in [0, 0.1) is 13.8 Å². The first-order valence-corrected chi connectivity index (χ1v) is 9.09. The molecular weight excluding hydrogens is 373 g/mol. The molecule has 0 aliphatic rings. The van der Waals surface area contributed by atoms with Crippen LogP contribution < -0.4 is 4.31 Å². The van der Waals surface area contributed by atoms with E-state index in [0.29, 0.717) is 11.3 Å². The molecule has 0 unspecified atom stereocenters. The molecule has 0 saturated carbocycles. The predicted molar refractivity (Wildman–Crippen MR) is 94.5 cm³/mol. The maximum atomic E-state index is 12.9. The van der Waals surface area contributed by atoms with Crippen LogP contribution in [-0.2, 0) is 14.8 Å². The van der Waals surface area contributed by atoms with Crippen molar-refractivity contribution in [2.45, 2.75) is 18.7 Å². The molecule has 0 heterocycles. The molecule has 0 fully saturated rings. The Balaban J connectivity index is 2.61. The fourth-order valence-electron chi connectivity index (χ4n) is 2.27. The van der Waals surface area contributed by atoms with E-state index in [1.165, 1.54) is 18.2 Å². The number of sulfonamides is 1. The lowest BCUT2D eigenvalue weighted by molar-refractivity contribution is -0.135. The largest absolute Gasteiger partial charge is 0.480 e. The van der Waals surface area contributed by atoms with Crippen LogP contribution in [0.15, 0.2) is 41.3 Å². The molecule has 2 aromatic rings. The number of hydrogen-bond donors (Lipinski definition) is 1. The molecule has 2 rings (SSSR count). The molecule has 5 nitrogen and oxygen atoms in total. The molecule has 0 spiro atoms. The fourth-order valence-corrected chi connectivity index (χ4v) is 4.14. The molecule has 128 valence electrons. The van der Waals surface area contributed by atoms with Crippen molar-refractivity contribution in [3.8, 4) is 0 Å². The standard InChI is InChI=1S/C16H15Cl2NO4S/c1-10-3-6-15(11(2)7-10)19(9-16(20)21)24(22,23)12-4-5-13(17)14(18)8-12/h3-8H,9H2,1-2H3,(H,20,21). The summed E-state index contributed by atoms with van der Waals surface area (Å²) in [5.41, 5.74) is 1.90. The maximum absolute atomic E-state index is 12.9. The molecule has 1 N–H and O–H groups in total. The Labute approximate surface area is 150 Å². The Bertz CT molecular complexity index is 897. The summed E-state index contributed by atoms with van der Waals surface area (Å²) in [7, 11) is -4.11. The van der Waals surface area contributed by atoms with Crippen molar-refractivity contribution in [2.24, 2.45) is 0 Å². The van der Waals surface area contributed by atoms with Crippen LogP contribution >= 0.6 is 23.2 Å². The van der Waals surface area contributed by atoms with E-state index < -0.39 is 22.5 Å². The number of aliphatic carboxylic acids is 1. The summed E-state index contributed by atoms with van der Waals surface area (Å²) in [5, 5.41) is 9.44. The minimum Gasteiger partial charge on any atom is -0.480 e. The van der Waals surface area contributed by atoms with E-state index >= 15 is 0 Å². The van der Waals surface area contributed by atoms with Gasteiger partial charge in [0.2, 0.25) is 0 Å². The van der Waals surface area contributed by atoms with Crippen LogP contribution in [0.2, 0.25) is 10.0 Å². The Kier molecular flexibility index (Phi) is 5.42. The van der Waals surface area contributed by atoms with Gasteiger partial charge in [0, 0.05) is 0 Å². The van der Waals surface area contributed by atoms with Crippen molar-refractivity contribution in [3.63, 3.8) is 0 Å². The molecule has 0 aromatic heterocycles. The van der Waals surface area contributed by atoms with E-state index in [9.17, 15) is 13.2 Å². The van der Waals surface area contributed by atoms with Crippen molar-refractivity contribution in [2.75, 3.05) is 10.8 Å². The highest BCUT2D eigenvalue weighted by Crippen LogP contribution is 2.30. The zero-order valence-corrected chi connectivity index (χ0v) is 15.3. The zero-order valence-electron chi connectivity index (χ0n) is 13.0. The lowest BCUT2D eigenvalue weighted by Crippen LogP contribution is -2.36. The lowest BCUT2D eigenvalue weighted by atomic mass is 10.1. The number of halogens is 2. The number of anilines is 1. The summed E-state index contributed by atoms with van der Waals surface area (Å²) in [5.74, 6) is -1.27. The lowest BCUT2D eigenvalue weighted by Gasteiger charge is -2.24. The second-order valence-electron chi connectivity index (χ2n) is 5.27. The third-order valence-electron chi connectivity index (χ3n) is 3.38. The van der Waals surface area contributed by atoms with E-state index in [0.717, 1.165) is 9.87 Å². The summed E-state index contributed by atoms with van der Waals surface area (Å²) in [4.78, 5) is 11.1. The number of carboxylic acids is 1. The molecule has 0 bridgehead atoms. The highest BCUT2D eigenvalue weighted by Gasteiger charge is 2.28. The summed E-state index contributed by atoms with van der Waals surface area (Å²) in [6.07, 6.45) is 0. The fraction of sp³-hybridized carbons (Fsp3) is 0.188. The molecular formula is C16H15Cl2NO4S. The molecule has 0 aliphatic carbocycles. The smallest absolute Gasteiger partial charge is 0.324 e. The first-order chi connectivity index (χ1) is 11.1. The molecule has 0 saturated heterocycles. The first-order valence-electron chi connectivity index (χ1n) is 6.90. The van der Waals surface area contributed by atoms with Crippen LogP contribution in [0.5, 0.6) is 0 Å². The highest BCUT2D eigenvalue weighted by molar-refractivity contribution is 7.92. The van der Waals surface area contributed by atoms with Gasteiger partial charge < -0.3 is 5.11 Å². The van der Waals surface area contributed by atoms with Crippen molar-refractivity contribution in [1.82, 2.24) is 0 Å². The maximum Gasteiger partial charge on any atom is 0.324 e. The average molecular weight is 388 g/mol. The topological polar surface area (TPSA) is 74.7 Å². The van der Waals surface area contributed by atoms with Gasteiger partial charge in [-0.1, -0.05) is 40.9 Å². The van der Waals surface area contributed by atoms with Gasteiger partial charge in [-0.05, 0) is 43.7 Å². The average Bonchev–Trinajstić information content (AvgIpc) is 2.48. The Morgan fingerprint density at radius 3 is 2.29 bits per heavy atom. The number of rotatable bonds is 5. The van der Waals surface area contributed by atoms with E-state index in [2.05, 4.69) is 0 Å². The number of aryl methyl sites for hydroxylation is 2. The first kappa shape index (κ1) is 18.6. The third-order valence-corrected chi connectivity index (χ3v) is 5.87. The molecule has 0 radical (unpaired) electrons. The van der Waals surface area contributed by atoms with Crippen LogP contribution in [0.1, 0.15) is 11.1 Å². The van der Waals surface area contributed by atoms with E-state index in [1.54, 1.807) is 25.1 Å². The second kappa shape index (κ2) is 7.01. The number of carboxylic acid groups (broad SMARTS) is 1. The van der Waals surface area contributed by atoms with Gasteiger partial charge in [-0.3, -0.25) is 9.10 Å². The summed E-state index contributed by atoms with van der Waals surface area (Å²) in [6.45, 7) is 2.89. The third kappa shape index (κ3) is 3.83. The quantitative estimate of drug-likeness (QED) is 0.843. The number of nitrogens with zero attached hydrogens (tertiary/aromatic N) is 1. The van der Waals surface area contributed by atoms with Crippen molar-refractivity contribution >= 4 is 44.9 Å². The number of hydrogen-bond acceptors (Lipinski definition) is 3. The molecule has 0 aliphatic heterocycles. The SMILES string of the molecule is Cc1ccc(N(CC(=O)O)S(=O)(=O)c2ccc(Cl)c(Cl)c2)c(C)c1. The minimum atomic E-state index is -4.11. The van der Waals surface area contributed by atoms with Gasteiger partial charge in [0.25, 0.3) is 10.0 Å². The van der Waals surface area contributed by atoms with Crippen LogP contribution in [0.25, 0.3) is 0 Å². The molecule has 0 atom stereocenters. The van der Waals surface area contributed by atoms with Gasteiger partial charge in [0.15, 0.2) is 0 Å². The highest BCUT2D eigenvalue weighted by atomic mass is 35.5. The molecule has 8 heteroatoms. The summed E-state index contributed by atoms with van der Waals surface area (Å²) >= 11 is 11.7. The molecule has 0 amide bonds. The monoisotopic (exact) mass is 387 g/mol. The minimum absolute atomic E-state index is 0.0774. The van der Waals surface area contributed by atoms with E-state index in [-0.39, 0.29) is 14.9 Å². The van der Waals surface area contributed by atoms with Crippen molar-refractivity contribution in [3.05, 3.63) is 57.6 Å². The van der Waals surface area contributed by atoms with Crippen LogP contribution in [0.4, 0.5) is 5.69 Å². The summed E-state index contributed by atoms with van der Waals surface area (Å²) in [6, 6.07) is 8.95. The normalized spacial score (nSPS) is 11.3. The van der Waals surface area contributed by atoms with Crippen molar-refractivity contribution in [1.29, 1.82) is 0 Å². The Morgan fingerprint density at radius 1 is 1.08 bits per heavy atom. The van der Waals surface area contributed by atoms with Gasteiger partial charge in [-0.2, -0.15) is 0 Å². The van der Waals surface area contributed by atoms with E-state index in [4.69, 9.17) is 28.3 Å².